The maximum Gasteiger partial charge on any atom is 0.315 e. The molecule has 2 unspecified atom stereocenters. The molecule has 8 nitrogen and oxygen atoms in total. The van der Waals surface area contributed by atoms with Gasteiger partial charge in [0.1, 0.15) is 0 Å². The Morgan fingerprint density at radius 3 is 1.93 bits per heavy atom. The SMILES string of the molecule is [B][C@@H](CCCCO)NC(=O)NC1CCC[C@@H](NC(=O)NC2CCC[C@@H](O)CC2)CC1. The molecule has 30 heavy (non-hydrogen) atoms. The van der Waals surface area contributed by atoms with E-state index in [0.717, 1.165) is 70.6 Å². The molecule has 5 atom stereocenters. The molecular weight excluding hydrogens is 383 g/mol. The normalized spacial score (nSPS) is 28.5. The highest BCUT2D eigenvalue weighted by Crippen LogP contribution is 2.20. The van der Waals surface area contributed by atoms with E-state index < -0.39 is 5.94 Å². The van der Waals surface area contributed by atoms with Crippen molar-refractivity contribution in [2.45, 2.75) is 114 Å². The Bertz CT molecular complexity index is 525. The van der Waals surface area contributed by atoms with E-state index in [9.17, 15) is 14.7 Å². The van der Waals surface area contributed by atoms with Gasteiger partial charge < -0.3 is 31.5 Å². The Balaban J connectivity index is 1.65. The quantitative estimate of drug-likeness (QED) is 0.202. The molecule has 170 valence electrons. The summed E-state index contributed by atoms with van der Waals surface area (Å²) in [6, 6.07) is -0.0620. The molecule has 9 heteroatoms. The van der Waals surface area contributed by atoms with Crippen LogP contribution in [0.15, 0.2) is 0 Å². The molecule has 2 aliphatic rings. The Kier molecular flexibility index (Phi) is 11.4. The monoisotopic (exact) mass is 422 g/mol. The molecule has 2 radical (unpaired) electrons. The summed E-state index contributed by atoms with van der Waals surface area (Å²) in [5, 5.41) is 30.4. The lowest BCUT2D eigenvalue weighted by Gasteiger charge is -2.22. The van der Waals surface area contributed by atoms with Crippen molar-refractivity contribution < 1.29 is 19.8 Å². The minimum atomic E-state index is -0.412. The highest BCUT2D eigenvalue weighted by atomic mass is 16.3. The van der Waals surface area contributed by atoms with E-state index in [4.69, 9.17) is 13.0 Å². The van der Waals surface area contributed by atoms with Crippen molar-refractivity contribution in [1.29, 1.82) is 0 Å². The van der Waals surface area contributed by atoms with Crippen molar-refractivity contribution in [3.05, 3.63) is 0 Å². The van der Waals surface area contributed by atoms with E-state index in [1.54, 1.807) is 0 Å². The van der Waals surface area contributed by atoms with Gasteiger partial charge in [-0.1, -0.05) is 0 Å². The van der Waals surface area contributed by atoms with Gasteiger partial charge in [-0.05, 0) is 89.4 Å². The van der Waals surface area contributed by atoms with Crippen LogP contribution < -0.4 is 21.3 Å². The number of hydrogen-bond acceptors (Lipinski definition) is 4. The second-order valence-corrected chi connectivity index (χ2v) is 8.82. The van der Waals surface area contributed by atoms with Gasteiger partial charge in [-0.3, -0.25) is 0 Å². The zero-order valence-electron chi connectivity index (χ0n) is 18.1. The van der Waals surface area contributed by atoms with Gasteiger partial charge in [-0.25, -0.2) is 9.59 Å². The Morgan fingerprint density at radius 2 is 1.33 bits per heavy atom. The fourth-order valence-electron chi connectivity index (χ4n) is 4.37. The molecular formula is C21H39BN4O4. The number of amides is 4. The van der Waals surface area contributed by atoms with E-state index >= 15 is 0 Å². The lowest BCUT2D eigenvalue weighted by Crippen LogP contribution is -2.47. The van der Waals surface area contributed by atoms with Crippen molar-refractivity contribution in [3.8, 4) is 0 Å². The molecule has 0 aromatic heterocycles. The third-order valence-electron chi connectivity index (χ3n) is 6.15. The van der Waals surface area contributed by atoms with E-state index in [1.807, 2.05) is 0 Å². The van der Waals surface area contributed by atoms with Gasteiger partial charge in [0.25, 0.3) is 0 Å². The number of urea groups is 2. The lowest BCUT2D eigenvalue weighted by molar-refractivity contribution is 0.156. The van der Waals surface area contributed by atoms with Crippen molar-refractivity contribution in [1.82, 2.24) is 21.3 Å². The highest BCUT2D eigenvalue weighted by molar-refractivity contribution is 6.12. The molecule has 0 heterocycles. The third kappa shape index (κ3) is 10.0. The van der Waals surface area contributed by atoms with Crippen LogP contribution in [0, 0.1) is 0 Å². The van der Waals surface area contributed by atoms with Crippen LogP contribution in [0.1, 0.15) is 83.5 Å². The summed E-state index contributed by atoms with van der Waals surface area (Å²) in [6.07, 6.45) is 10.5. The van der Waals surface area contributed by atoms with Crippen molar-refractivity contribution in [3.63, 3.8) is 0 Å². The standard InChI is InChI=1S/C21H39BN4O4/c22-19(9-1-2-14-27)26-21(30)25-16-6-3-5-15(10-11-16)23-20(29)24-17-7-4-8-18(28)13-12-17/h15-19,27-28H,1-14H2,(H2,23,24,29)(H2,25,26,30)/t15-,16?,17?,18-,19-/m1/s1. The van der Waals surface area contributed by atoms with Gasteiger partial charge in [0.2, 0.25) is 0 Å². The van der Waals surface area contributed by atoms with Crippen molar-refractivity contribution in [2.24, 2.45) is 0 Å². The first-order valence-corrected chi connectivity index (χ1v) is 11.6. The maximum absolute atomic E-state index is 12.4. The number of hydrogen-bond donors (Lipinski definition) is 6. The van der Waals surface area contributed by atoms with Gasteiger partial charge >= 0.3 is 12.1 Å². The first-order valence-electron chi connectivity index (χ1n) is 11.6. The van der Waals surface area contributed by atoms with Gasteiger partial charge in [0.05, 0.1) is 14.0 Å². The smallest absolute Gasteiger partial charge is 0.315 e. The third-order valence-corrected chi connectivity index (χ3v) is 6.15. The minimum Gasteiger partial charge on any atom is -0.396 e. The molecule has 2 fully saturated rings. The molecule has 0 spiro atoms. The van der Waals surface area contributed by atoms with Crippen LogP contribution in [0.25, 0.3) is 0 Å². The summed E-state index contributed by atoms with van der Waals surface area (Å²) < 4.78 is 0. The second kappa shape index (κ2) is 13.8. The summed E-state index contributed by atoms with van der Waals surface area (Å²) >= 11 is 0. The van der Waals surface area contributed by atoms with Crippen LogP contribution in [0.3, 0.4) is 0 Å². The van der Waals surface area contributed by atoms with Crippen molar-refractivity contribution >= 4 is 19.9 Å². The predicted octanol–water partition coefficient (Wildman–Crippen LogP) is 1.64. The zero-order chi connectivity index (χ0) is 21.8. The molecule has 6 N–H and O–H groups in total. The molecule has 2 rings (SSSR count). The Morgan fingerprint density at radius 1 is 0.800 bits per heavy atom. The number of nitrogens with one attached hydrogen (secondary N) is 4. The molecule has 0 aromatic carbocycles. The summed E-state index contributed by atoms with van der Waals surface area (Å²) in [6.45, 7) is 0.137. The zero-order valence-corrected chi connectivity index (χ0v) is 18.1. The Hall–Kier alpha value is -1.48. The summed E-state index contributed by atoms with van der Waals surface area (Å²) in [5.74, 6) is -0.412. The van der Waals surface area contributed by atoms with Gasteiger partial charge in [-0.15, -0.1) is 0 Å². The number of rotatable bonds is 8. The predicted molar refractivity (Wildman–Crippen MR) is 117 cm³/mol. The fourth-order valence-corrected chi connectivity index (χ4v) is 4.37. The molecule has 0 saturated heterocycles. The molecule has 0 bridgehead atoms. The number of carbonyl (C=O) groups excluding carboxylic acids is 2. The Labute approximate surface area is 181 Å². The first-order chi connectivity index (χ1) is 14.5. The van der Waals surface area contributed by atoms with Crippen LogP contribution in [0.4, 0.5) is 9.59 Å². The van der Waals surface area contributed by atoms with E-state index in [-0.39, 0.29) is 42.9 Å². The first kappa shape index (κ1) is 24.8. The molecule has 0 aromatic rings. The topological polar surface area (TPSA) is 123 Å². The van der Waals surface area contributed by atoms with Gasteiger partial charge in [0.15, 0.2) is 0 Å². The molecule has 4 amide bonds. The van der Waals surface area contributed by atoms with E-state index in [1.165, 1.54) is 0 Å². The van der Waals surface area contributed by atoms with Crippen LogP contribution in [-0.4, -0.2) is 66.9 Å². The largest absolute Gasteiger partial charge is 0.396 e. The summed E-state index contributed by atoms with van der Waals surface area (Å²) in [4.78, 5) is 24.5. The molecule has 0 aliphatic heterocycles. The lowest BCUT2D eigenvalue weighted by atomic mass is 9.91. The number of aliphatic hydroxyl groups is 2. The maximum atomic E-state index is 12.4. The van der Waals surface area contributed by atoms with Crippen LogP contribution in [0.5, 0.6) is 0 Å². The highest BCUT2D eigenvalue weighted by Gasteiger charge is 2.23. The van der Waals surface area contributed by atoms with E-state index in [0.29, 0.717) is 12.8 Å². The molecule has 2 saturated carbocycles. The summed E-state index contributed by atoms with van der Waals surface area (Å²) in [7, 11) is 5.90. The second-order valence-electron chi connectivity index (χ2n) is 8.82. The minimum absolute atomic E-state index is 0.0767. The molecule has 2 aliphatic carbocycles. The van der Waals surface area contributed by atoms with Crippen LogP contribution in [-0.2, 0) is 0 Å². The summed E-state index contributed by atoms with van der Waals surface area (Å²) in [5.41, 5.74) is 0. The van der Waals surface area contributed by atoms with Crippen LogP contribution >= 0.6 is 0 Å². The van der Waals surface area contributed by atoms with Gasteiger partial charge in [0, 0.05) is 24.7 Å². The van der Waals surface area contributed by atoms with Gasteiger partial charge in [-0.2, -0.15) is 0 Å². The van der Waals surface area contributed by atoms with Crippen molar-refractivity contribution in [2.75, 3.05) is 6.61 Å². The number of aliphatic hydroxyl groups excluding tert-OH is 2. The average Bonchev–Trinajstić information content (AvgIpc) is 3.02. The van der Waals surface area contributed by atoms with Crippen LogP contribution in [0.2, 0.25) is 0 Å². The number of unbranched alkanes of at least 4 members (excludes halogenated alkanes) is 1. The average molecular weight is 422 g/mol. The fraction of sp³-hybridized carbons (Fsp3) is 0.905. The number of carbonyl (C=O) groups is 2. The van der Waals surface area contributed by atoms with E-state index in [2.05, 4.69) is 21.3 Å².